The van der Waals surface area contributed by atoms with Crippen molar-refractivity contribution in [3.05, 3.63) is 35.9 Å². The summed E-state index contributed by atoms with van der Waals surface area (Å²) in [5.41, 5.74) is 0.914. The molecule has 122 valence electrons. The summed E-state index contributed by atoms with van der Waals surface area (Å²) in [6.45, 7) is 3.87. The average Bonchev–Trinajstić information content (AvgIpc) is 3.06. The van der Waals surface area contributed by atoms with E-state index in [0.717, 1.165) is 5.56 Å². The summed E-state index contributed by atoms with van der Waals surface area (Å²) in [5.74, 6) is -0.836. The normalized spacial score (nSPS) is 26.3. The van der Waals surface area contributed by atoms with Crippen LogP contribution in [0, 0.1) is 5.92 Å². The van der Waals surface area contributed by atoms with Crippen molar-refractivity contribution in [3.8, 4) is 0 Å². The van der Waals surface area contributed by atoms with Gasteiger partial charge in [0, 0.05) is 13.5 Å². The fourth-order valence-electron chi connectivity index (χ4n) is 3.62. The largest absolute Gasteiger partial charge is 0.445 e. The van der Waals surface area contributed by atoms with Crippen LogP contribution in [0.1, 0.15) is 25.8 Å². The number of likely N-dealkylation sites (tertiary alicyclic amines) is 2. The Kier molecular flexibility index (Phi) is 4.07. The van der Waals surface area contributed by atoms with Crippen LogP contribution < -0.4 is 0 Å². The standard InChI is InChI=1S/C17H20N2O4/c1-11-15-14(19(12(2)20)16(11)21)8-9-18(15)17(22)23-10-13-6-4-3-5-7-13/h3-7,11,14-15H,8-10H2,1-2H3/t11-,14-,15+/m1/s1. The number of fused-ring (bicyclic) bond motifs is 1. The first-order valence-electron chi connectivity index (χ1n) is 7.81. The fourth-order valence-corrected chi connectivity index (χ4v) is 3.62. The van der Waals surface area contributed by atoms with E-state index in [1.807, 2.05) is 30.3 Å². The van der Waals surface area contributed by atoms with Crippen LogP contribution in [0.25, 0.3) is 0 Å². The van der Waals surface area contributed by atoms with E-state index in [9.17, 15) is 14.4 Å². The summed E-state index contributed by atoms with van der Waals surface area (Å²) in [4.78, 5) is 39.2. The molecule has 0 N–H and O–H groups in total. The van der Waals surface area contributed by atoms with Crippen molar-refractivity contribution in [1.82, 2.24) is 9.80 Å². The first-order valence-corrected chi connectivity index (χ1v) is 7.81. The molecule has 1 aromatic rings. The summed E-state index contributed by atoms with van der Waals surface area (Å²) >= 11 is 0. The molecule has 2 heterocycles. The molecule has 2 aliphatic heterocycles. The van der Waals surface area contributed by atoms with Gasteiger partial charge in [-0.1, -0.05) is 37.3 Å². The Morgan fingerprint density at radius 3 is 2.61 bits per heavy atom. The van der Waals surface area contributed by atoms with Crippen LogP contribution in [0.4, 0.5) is 4.79 Å². The van der Waals surface area contributed by atoms with Crippen LogP contribution in [-0.2, 0) is 20.9 Å². The highest BCUT2D eigenvalue weighted by atomic mass is 16.6. The van der Waals surface area contributed by atoms with Gasteiger partial charge in [0.2, 0.25) is 11.8 Å². The first kappa shape index (κ1) is 15.5. The Balaban J connectivity index is 1.68. The predicted molar refractivity (Wildman–Crippen MR) is 82.2 cm³/mol. The molecule has 0 saturated carbocycles. The molecule has 0 spiro atoms. The maximum atomic E-state index is 12.4. The minimum atomic E-state index is -0.425. The van der Waals surface area contributed by atoms with E-state index in [1.165, 1.54) is 11.8 Å². The Bertz CT molecular complexity index is 631. The molecule has 2 aliphatic rings. The molecule has 1 aromatic carbocycles. The molecule has 0 unspecified atom stereocenters. The smallest absolute Gasteiger partial charge is 0.410 e. The zero-order valence-electron chi connectivity index (χ0n) is 13.3. The fraction of sp³-hybridized carbons (Fsp3) is 0.471. The Labute approximate surface area is 135 Å². The molecule has 3 amide bonds. The van der Waals surface area contributed by atoms with Gasteiger partial charge in [0.25, 0.3) is 0 Å². The van der Waals surface area contributed by atoms with Gasteiger partial charge in [0.1, 0.15) is 6.61 Å². The molecule has 2 fully saturated rings. The number of hydrogen-bond donors (Lipinski definition) is 0. The van der Waals surface area contributed by atoms with Crippen LogP contribution in [0.3, 0.4) is 0 Å². The van der Waals surface area contributed by atoms with Crippen LogP contribution in [0.15, 0.2) is 30.3 Å². The van der Waals surface area contributed by atoms with Gasteiger partial charge in [-0.2, -0.15) is 0 Å². The molecule has 3 rings (SSSR count). The average molecular weight is 316 g/mol. The molecule has 0 radical (unpaired) electrons. The zero-order valence-corrected chi connectivity index (χ0v) is 13.3. The highest BCUT2D eigenvalue weighted by Crippen LogP contribution is 2.36. The van der Waals surface area contributed by atoms with Gasteiger partial charge in [-0.15, -0.1) is 0 Å². The third-order valence-corrected chi connectivity index (χ3v) is 4.67. The monoisotopic (exact) mass is 316 g/mol. The van der Waals surface area contributed by atoms with Gasteiger partial charge in [0.15, 0.2) is 0 Å². The minimum absolute atomic E-state index is 0.201. The summed E-state index contributed by atoms with van der Waals surface area (Å²) in [5, 5.41) is 0. The Hall–Kier alpha value is -2.37. The van der Waals surface area contributed by atoms with E-state index in [4.69, 9.17) is 4.74 Å². The molecule has 0 aliphatic carbocycles. The first-order chi connectivity index (χ1) is 11.0. The van der Waals surface area contributed by atoms with E-state index >= 15 is 0 Å². The summed E-state index contributed by atoms with van der Waals surface area (Å²) in [6.07, 6.45) is 0.187. The molecular formula is C17H20N2O4. The molecule has 0 bridgehead atoms. The van der Waals surface area contributed by atoms with Crippen LogP contribution >= 0.6 is 0 Å². The second kappa shape index (κ2) is 6.02. The van der Waals surface area contributed by atoms with E-state index in [0.29, 0.717) is 13.0 Å². The highest BCUT2D eigenvalue weighted by molar-refractivity contribution is 5.98. The van der Waals surface area contributed by atoms with E-state index in [-0.39, 0.29) is 36.4 Å². The lowest BCUT2D eigenvalue weighted by atomic mass is 10.0. The van der Waals surface area contributed by atoms with Crippen molar-refractivity contribution >= 4 is 17.9 Å². The molecule has 3 atom stereocenters. The van der Waals surface area contributed by atoms with E-state index in [1.54, 1.807) is 11.8 Å². The number of carbonyl (C=O) groups is 3. The van der Waals surface area contributed by atoms with Crippen molar-refractivity contribution in [2.45, 2.75) is 39.0 Å². The van der Waals surface area contributed by atoms with Crippen LogP contribution in [0.5, 0.6) is 0 Å². The number of rotatable bonds is 2. The number of amides is 3. The van der Waals surface area contributed by atoms with Crippen molar-refractivity contribution in [2.24, 2.45) is 5.92 Å². The van der Waals surface area contributed by atoms with Crippen LogP contribution in [0.2, 0.25) is 0 Å². The highest BCUT2D eigenvalue weighted by Gasteiger charge is 2.54. The Morgan fingerprint density at radius 2 is 1.96 bits per heavy atom. The number of benzene rings is 1. The number of nitrogens with zero attached hydrogens (tertiary/aromatic N) is 2. The number of carbonyl (C=O) groups excluding carboxylic acids is 3. The number of hydrogen-bond acceptors (Lipinski definition) is 4. The van der Waals surface area contributed by atoms with Crippen molar-refractivity contribution < 1.29 is 19.1 Å². The van der Waals surface area contributed by atoms with Gasteiger partial charge in [-0.3, -0.25) is 14.5 Å². The third-order valence-electron chi connectivity index (χ3n) is 4.67. The SMILES string of the molecule is CC(=O)N1C(=O)[C@H](C)[C@H]2[C@H]1CCN2C(=O)OCc1ccccc1. The molecule has 0 aromatic heterocycles. The molecule has 6 nitrogen and oxygen atoms in total. The number of ether oxygens (including phenoxy) is 1. The van der Waals surface area contributed by atoms with Gasteiger partial charge in [-0.25, -0.2) is 4.79 Å². The molecule has 6 heteroatoms. The summed E-state index contributed by atoms with van der Waals surface area (Å²) in [7, 11) is 0. The van der Waals surface area contributed by atoms with Crippen LogP contribution in [-0.4, -0.2) is 46.3 Å². The molecule has 2 saturated heterocycles. The number of imide groups is 1. The summed E-state index contributed by atoms with van der Waals surface area (Å²) in [6, 6.07) is 8.94. The minimum Gasteiger partial charge on any atom is -0.445 e. The topological polar surface area (TPSA) is 66.9 Å². The second-order valence-electron chi connectivity index (χ2n) is 6.10. The maximum Gasteiger partial charge on any atom is 0.410 e. The van der Waals surface area contributed by atoms with E-state index < -0.39 is 6.09 Å². The van der Waals surface area contributed by atoms with Gasteiger partial charge < -0.3 is 9.64 Å². The second-order valence-corrected chi connectivity index (χ2v) is 6.10. The molecular weight excluding hydrogens is 296 g/mol. The van der Waals surface area contributed by atoms with Crippen molar-refractivity contribution in [1.29, 1.82) is 0 Å². The van der Waals surface area contributed by atoms with Crippen molar-refractivity contribution in [2.75, 3.05) is 6.54 Å². The lowest BCUT2D eigenvalue weighted by Gasteiger charge is -2.25. The zero-order chi connectivity index (χ0) is 16.6. The van der Waals surface area contributed by atoms with Gasteiger partial charge in [0.05, 0.1) is 18.0 Å². The maximum absolute atomic E-state index is 12.4. The predicted octanol–water partition coefficient (Wildman–Crippen LogP) is 1.79. The summed E-state index contributed by atoms with van der Waals surface area (Å²) < 4.78 is 5.37. The van der Waals surface area contributed by atoms with Gasteiger partial charge >= 0.3 is 6.09 Å². The molecule has 23 heavy (non-hydrogen) atoms. The Morgan fingerprint density at radius 1 is 1.26 bits per heavy atom. The lowest BCUT2D eigenvalue weighted by Crippen LogP contribution is -2.42. The van der Waals surface area contributed by atoms with E-state index in [2.05, 4.69) is 0 Å². The van der Waals surface area contributed by atoms with Gasteiger partial charge in [-0.05, 0) is 12.0 Å². The third kappa shape index (κ3) is 2.69. The quantitative estimate of drug-likeness (QED) is 0.834. The lowest BCUT2D eigenvalue weighted by molar-refractivity contribution is -0.143. The van der Waals surface area contributed by atoms with Crippen molar-refractivity contribution in [3.63, 3.8) is 0 Å².